The van der Waals surface area contributed by atoms with E-state index in [4.69, 9.17) is 10.2 Å². The van der Waals surface area contributed by atoms with Gasteiger partial charge in [0, 0.05) is 24.3 Å². The predicted molar refractivity (Wildman–Crippen MR) is 89.4 cm³/mol. The molecule has 0 aromatic carbocycles. The van der Waals surface area contributed by atoms with Crippen LogP contribution in [-0.2, 0) is 5.91 Å². The fourth-order valence-corrected chi connectivity index (χ4v) is 4.26. The highest BCUT2D eigenvalue weighted by Gasteiger charge is 2.69. The second kappa shape index (κ2) is 4.03. The van der Waals surface area contributed by atoms with Crippen LogP contribution in [0, 0.1) is 13.8 Å². The fourth-order valence-electron chi connectivity index (χ4n) is 4.26. The van der Waals surface area contributed by atoms with E-state index in [0.29, 0.717) is 0 Å². The van der Waals surface area contributed by atoms with Crippen LogP contribution in [0.2, 0.25) is 0 Å². The van der Waals surface area contributed by atoms with Crippen LogP contribution in [0.3, 0.4) is 0 Å². The van der Waals surface area contributed by atoms with E-state index in [1.165, 1.54) is 0 Å². The molecule has 2 aliphatic heterocycles. The Morgan fingerprint density at radius 3 is 1.72 bits per heavy atom. The second-order valence-electron chi connectivity index (χ2n) is 6.68. The maximum Gasteiger partial charge on any atom is 0.583 e. The van der Waals surface area contributed by atoms with Gasteiger partial charge in [0.15, 0.2) is 12.4 Å². The summed E-state index contributed by atoms with van der Waals surface area (Å²) >= 11 is 0. The van der Waals surface area contributed by atoms with Gasteiger partial charge >= 0.3 is 5.91 Å². The van der Waals surface area contributed by atoms with Crippen molar-refractivity contribution in [3.05, 3.63) is 72.3 Å². The van der Waals surface area contributed by atoms with Crippen molar-refractivity contribution in [2.24, 2.45) is 0 Å². The van der Waals surface area contributed by atoms with Gasteiger partial charge in [0.2, 0.25) is 11.4 Å². The van der Waals surface area contributed by atoms with Crippen molar-refractivity contribution in [3.63, 3.8) is 0 Å². The van der Waals surface area contributed by atoms with Crippen LogP contribution in [0.4, 0.5) is 0 Å². The molecule has 2 aliphatic rings. The standard InChI is InChI=1S/C19H16N6/c1-13-11-17-15-7-3-5-9-22(15)19(24(17)20-13)23-10-6-4-8-16(23)18-12-14(2)21-25(18)19/h3-12H,1-2H3/q+2. The minimum atomic E-state index is -0.694. The minimum Gasteiger partial charge on any atom is -0.164 e. The fraction of sp³-hybridized carbons (Fsp3) is 0.158. The quantitative estimate of drug-likeness (QED) is 0.396. The molecule has 0 saturated heterocycles. The highest BCUT2D eigenvalue weighted by molar-refractivity contribution is 5.57. The SMILES string of the molecule is Cc1cc2n(n1)C1(n3nc(C)cc3-c3cccc[n+]31)[n+]1ccccc1-2. The van der Waals surface area contributed by atoms with Crippen LogP contribution < -0.4 is 9.13 Å². The third kappa shape index (κ3) is 1.30. The molecular weight excluding hydrogens is 312 g/mol. The first-order valence-corrected chi connectivity index (χ1v) is 8.38. The summed E-state index contributed by atoms with van der Waals surface area (Å²) in [6.45, 7) is 4.07. The van der Waals surface area contributed by atoms with Crippen molar-refractivity contribution in [1.82, 2.24) is 19.6 Å². The average Bonchev–Trinajstić information content (AvgIpc) is 3.31. The number of hydrogen-bond acceptors (Lipinski definition) is 2. The second-order valence-corrected chi connectivity index (χ2v) is 6.68. The van der Waals surface area contributed by atoms with E-state index in [9.17, 15) is 0 Å². The summed E-state index contributed by atoms with van der Waals surface area (Å²) in [5.74, 6) is -0.694. The highest BCUT2D eigenvalue weighted by atomic mass is 15.7. The van der Waals surface area contributed by atoms with Gasteiger partial charge in [0.25, 0.3) is 0 Å². The van der Waals surface area contributed by atoms with Gasteiger partial charge in [-0.25, -0.2) is 0 Å². The van der Waals surface area contributed by atoms with Crippen LogP contribution in [0.1, 0.15) is 11.4 Å². The number of nitrogens with zero attached hydrogens (tertiary/aromatic N) is 6. The molecule has 0 aliphatic carbocycles. The van der Waals surface area contributed by atoms with Gasteiger partial charge in [-0.05, 0) is 38.1 Å². The lowest BCUT2D eigenvalue weighted by Crippen LogP contribution is -2.77. The molecule has 4 aromatic heterocycles. The molecule has 6 nitrogen and oxygen atoms in total. The normalized spacial score (nSPS) is 15.1. The first-order valence-electron chi connectivity index (χ1n) is 8.38. The lowest BCUT2D eigenvalue weighted by Gasteiger charge is -2.15. The first-order chi connectivity index (χ1) is 12.2. The number of hydrogen-bond donors (Lipinski definition) is 0. The van der Waals surface area contributed by atoms with Gasteiger partial charge in [0.05, 0.1) is 11.4 Å². The Hall–Kier alpha value is -3.28. The van der Waals surface area contributed by atoms with Crippen molar-refractivity contribution in [3.8, 4) is 22.8 Å². The number of rotatable bonds is 0. The molecule has 6 heterocycles. The Morgan fingerprint density at radius 1 is 0.760 bits per heavy atom. The zero-order valence-electron chi connectivity index (χ0n) is 14.0. The van der Waals surface area contributed by atoms with E-state index < -0.39 is 5.91 Å². The van der Waals surface area contributed by atoms with Gasteiger partial charge < -0.3 is 0 Å². The van der Waals surface area contributed by atoms with E-state index in [0.717, 1.165) is 34.2 Å². The van der Waals surface area contributed by atoms with Crippen molar-refractivity contribution < 1.29 is 9.13 Å². The summed E-state index contributed by atoms with van der Waals surface area (Å²) in [4.78, 5) is 0. The zero-order valence-corrected chi connectivity index (χ0v) is 14.0. The van der Waals surface area contributed by atoms with Crippen molar-refractivity contribution >= 4 is 0 Å². The van der Waals surface area contributed by atoms with E-state index in [1.807, 2.05) is 13.8 Å². The summed E-state index contributed by atoms with van der Waals surface area (Å²) in [5, 5.41) is 9.72. The summed E-state index contributed by atoms with van der Waals surface area (Å²) in [5.41, 5.74) is 6.46. The molecule has 25 heavy (non-hydrogen) atoms. The van der Waals surface area contributed by atoms with Crippen LogP contribution in [-0.4, -0.2) is 19.6 Å². The largest absolute Gasteiger partial charge is 0.583 e. The number of fused-ring (bicyclic) bond motifs is 10. The van der Waals surface area contributed by atoms with Gasteiger partial charge in [-0.2, -0.15) is 10.2 Å². The molecule has 0 amide bonds. The van der Waals surface area contributed by atoms with Gasteiger partial charge in [-0.1, -0.05) is 9.13 Å². The molecule has 0 atom stereocenters. The smallest absolute Gasteiger partial charge is 0.164 e. The topological polar surface area (TPSA) is 43.4 Å². The third-order valence-electron chi connectivity index (χ3n) is 5.12. The summed E-state index contributed by atoms with van der Waals surface area (Å²) in [6.07, 6.45) is 4.21. The molecule has 0 saturated carbocycles. The number of aryl methyl sites for hydroxylation is 2. The average molecular weight is 328 g/mol. The van der Waals surface area contributed by atoms with Crippen LogP contribution >= 0.6 is 0 Å². The molecular formula is C19H16N6+2. The van der Waals surface area contributed by atoms with Crippen LogP contribution in [0.5, 0.6) is 0 Å². The molecule has 4 aromatic rings. The summed E-state index contributed by atoms with van der Waals surface area (Å²) < 4.78 is 8.68. The molecule has 120 valence electrons. The van der Waals surface area contributed by atoms with E-state index in [1.54, 1.807) is 0 Å². The van der Waals surface area contributed by atoms with Gasteiger partial charge in [-0.15, -0.1) is 9.36 Å². The van der Waals surface area contributed by atoms with E-state index in [2.05, 4.69) is 79.4 Å². The van der Waals surface area contributed by atoms with Crippen LogP contribution in [0.15, 0.2) is 60.9 Å². The maximum absolute atomic E-state index is 4.86. The van der Waals surface area contributed by atoms with Crippen LogP contribution in [0.25, 0.3) is 22.8 Å². The summed E-state index contributed by atoms with van der Waals surface area (Å²) in [7, 11) is 0. The molecule has 1 spiro atoms. The molecule has 6 rings (SSSR count). The molecule has 0 bridgehead atoms. The highest BCUT2D eigenvalue weighted by Crippen LogP contribution is 2.37. The molecule has 0 fully saturated rings. The molecule has 0 unspecified atom stereocenters. The van der Waals surface area contributed by atoms with Gasteiger partial charge in [-0.3, -0.25) is 0 Å². The first kappa shape index (κ1) is 13.1. The predicted octanol–water partition coefficient (Wildman–Crippen LogP) is 1.44. The van der Waals surface area contributed by atoms with Crippen molar-refractivity contribution in [1.29, 1.82) is 0 Å². The van der Waals surface area contributed by atoms with E-state index >= 15 is 0 Å². The Balaban J connectivity index is 1.87. The lowest BCUT2D eigenvalue weighted by molar-refractivity contribution is -0.990. The Kier molecular flexibility index (Phi) is 2.10. The third-order valence-corrected chi connectivity index (χ3v) is 5.12. The van der Waals surface area contributed by atoms with E-state index in [-0.39, 0.29) is 0 Å². The van der Waals surface area contributed by atoms with Crippen molar-refractivity contribution in [2.45, 2.75) is 19.8 Å². The monoisotopic (exact) mass is 328 g/mol. The molecule has 0 N–H and O–H groups in total. The minimum absolute atomic E-state index is 0.694. The number of aromatic nitrogens is 6. The molecule has 0 radical (unpaired) electrons. The van der Waals surface area contributed by atoms with Crippen molar-refractivity contribution in [2.75, 3.05) is 0 Å². The Morgan fingerprint density at radius 2 is 1.24 bits per heavy atom. The maximum atomic E-state index is 4.86. The molecule has 6 heteroatoms. The summed E-state index contributed by atoms with van der Waals surface area (Å²) in [6, 6.07) is 16.8. The van der Waals surface area contributed by atoms with Gasteiger partial charge in [0.1, 0.15) is 11.4 Å². The Bertz CT molecular complexity index is 1090. The zero-order chi connectivity index (χ0) is 16.8. The number of pyridine rings is 2. The lowest BCUT2D eigenvalue weighted by atomic mass is 10.2. The Labute approximate surface area is 144 Å².